The molecule has 0 spiro atoms. The molecule has 1 aliphatic rings. The van der Waals surface area contributed by atoms with Crippen LogP contribution in [-0.2, 0) is 0 Å². The molecule has 3 heteroatoms. The molecule has 1 aromatic rings. The summed E-state index contributed by atoms with van der Waals surface area (Å²) in [7, 11) is 0. The van der Waals surface area contributed by atoms with Crippen LogP contribution in [0.3, 0.4) is 0 Å². The van der Waals surface area contributed by atoms with Crippen LogP contribution in [0.15, 0.2) is 11.6 Å². The fourth-order valence-corrected chi connectivity index (χ4v) is 2.99. The van der Waals surface area contributed by atoms with E-state index in [1.807, 2.05) is 5.38 Å². The van der Waals surface area contributed by atoms with E-state index in [4.69, 9.17) is 0 Å². The van der Waals surface area contributed by atoms with Crippen LogP contribution in [0.25, 0.3) is 0 Å². The highest BCUT2D eigenvalue weighted by atomic mass is 32.1. The lowest BCUT2D eigenvalue weighted by atomic mass is 9.76. The van der Waals surface area contributed by atoms with Gasteiger partial charge in [0.05, 0.1) is 6.10 Å². The van der Waals surface area contributed by atoms with Gasteiger partial charge in [-0.15, -0.1) is 0 Å². The monoisotopic (exact) mass is 211 g/mol. The first kappa shape index (κ1) is 10.1. The number of aromatic nitrogens is 1. The van der Waals surface area contributed by atoms with Crippen molar-refractivity contribution in [2.75, 3.05) is 0 Å². The zero-order chi connectivity index (χ0) is 9.97. The van der Waals surface area contributed by atoms with Gasteiger partial charge in [-0.1, -0.05) is 26.2 Å². The molecule has 1 heterocycles. The summed E-state index contributed by atoms with van der Waals surface area (Å²) in [4.78, 5) is 0. The quantitative estimate of drug-likeness (QED) is 0.815. The third kappa shape index (κ3) is 1.98. The molecule has 0 aromatic carbocycles. The van der Waals surface area contributed by atoms with Crippen LogP contribution in [0.5, 0.6) is 0 Å². The van der Waals surface area contributed by atoms with Gasteiger partial charge in [-0.3, -0.25) is 0 Å². The van der Waals surface area contributed by atoms with Gasteiger partial charge in [0.15, 0.2) is 0 Å². The summed E-state index contributed by atoms with van der Waals surface area (Å²) < 4.78 is 4.04. The minimum absolute atomic E-state index is 0.288. The molecule has 78 valence electrons. The van der Waals surface area contributed by atoms with Gasteiger partial charge in [0.1, 0.15) is 0 Å². The number of aliphatic hydroxyl groups is 1. The Labute approximate surface area is 89.1 Å². The fourth-order valence-electron chi connectivity index (χ4n) is 2.42. The topological polar surface area (TPSA) is 33.1 Å². The van der Waals surface area contributed by atoms with Crippen molar-refractivity contribution in [3.63, 3.8) is 0 Å². The molecule has 1 N–H and O–H groups in total. The van der Waals surface area contributed by atoms with E-state index in [0.29, 0.717) is 11.8 Å². The van der Waals surface area contributed by atoms with Crippen molar-refractivity contribution in [3.05, 3.63) is 17.1 Å². The zero-order valence-corrected chi connectivity index (χ0v) is 9.33. The first-order valence-electron chi connectivity index (χ1n) is 5.36. The Morgan fingerprint density at radius 3 is 2.93 bits per heavy atom. The van der Waals surface area contributed by atoms with Crippen LogP contribution in [-0.4, -0.2) is 9.48 Å². The number of nitrogens with zero attached hydrogens (tertiary/aromatic N) is 1. The van der Waals surface area contributed by atoms with E-state index in [1.165, 1.54) is 30.8 Å². The van der Waals surface area contributed by atoms with Gasteiger partial charge < -0.3 is 5.11 Å². The second-order valence-electron chi connectivity index (χ2n) is 4.33. The van der Waals surface area contributed by atoms with E-state index >= 15 is 0 Å². The lowest BCUT2D eigenvalue weighted by Gasteiger charge is -2.32. The number of aliphatic hydroxyl groups excluding tert-OH is 1. The van der Waals surface area contributed by atoms with Crippen molar-refractivity contribution >= 4 is 11.5 Å². The van der Waals surface area contributed by atoms with Crippen LogP contribution in [0, 0.1) is 11.8 Å². The van der Waals surface area contributed by atoms with Gasteiger partial charge in [-0.05, 0) is 29.8 Å². The Hall–Kier alpha value is -0.410. The van der Waals surface area contributed by atoms with Crippen LogP contribution >= 0.6 is 11.5 Å². The molecular weight excluding hydrogens is 194 g/mol. The molecule has 3 unspecified atom stereocenters. The van der Waals surface area contributed by atoms with Crippen LogP contribution in [0.1, 0.15) is 44.3 Å². The zero-order valence-electron chi connectivity index (χ0n) is 8.52. The third-order valence-electron chi connectivity index (χ3n) is 3.38. The molecule has 0 saturated heterocycles. The highest BCUT2D eigenvalue weighted by Gasteiger charge is 2.29. The maximum atomic E-state index is 10.2. The van der Waals surface area contributed by atoms with E-state index in [2.05, 4.69) is 11.3 Å². The summed E-state index contributed by atoms with van der Waals surface area (Å²) >= 11 is 1.42. The van der Waals surface area contributed by atoms with Crippen molar-refractivity contribution in [3.8, 4) is 0 Å². The molecule has 14 heavy (non-hydrogen) atoms. The van der Waals surface area contributed by atoms with Crippen molar-refractivity contribution in [2.45, 2.75) is 38.7 Å². The minimum atomic E-state index is -0.288. The Bertz CT molecular complexity index is 273. The first-order valence-corrected chi connectivity index (χ1v) is 6.20. The normalized spacial score (nSPS) is 30.1. The lowest BCUT2D eigenvalue weighted by molar-refractivity contribution is 0.0531. The molecular formula is C11H17NOS. The first-order chi connectivity index (χ1) is 6.79. The summed E-state index contributed by atoms with van der Waals surface area (Å²) in [5.41, 5.74) is 1.01. The van der Waals surface area contributed by atoms with Crippen LogP contribution in [0.4, 0.5) is 0 Å². The Balaban J connectivity index is 2.06. The minimum Gasteiger partial charge on any atom is -0.388 e. The van der Waals surface area contributed by atoms with E-state index in [0.717, 1.165) is 12.0 Å². The highest BCUT2D eigenvalue weighted by Crippen LogP contribution is 2.38. The summed E-state index contributed by atoms with van der Waals surface area (Å²) in [5.74, 6) is 1.10. The maximum absolute atomic E-state index is 10.2. The third-order valence-corrected chi connectivity index (χ3v) is 3.98. The van der Waals surface area contributed by atoms with Gasteiger partial charge in [-0.2, -0.15) is 0 Å². The van der Waals surface area contributed by atoms with Crippen molar-refractivity contribution < 1.29 is 5.11 Å². The molecule has 1 saturated carbocycles. The predicted molar refractivity (Wildman–Crippen MR) is 58.2 cm³/mol. The van der Waals surface area contributed by atoms with Crippen LogP contribution < -0.4 is 0 Å². The smallest absolute Gasteiger partial charge is 0.0844 e. The molecule has 2 nitrogen and oxygen atoms in total. The van der Waals surface area contributed by atoms with E-state index < -0.39 is 0 Å². The number of hydrogen-bond acceptors (Lipinski definition) is 3. The largest absolute Gasteiger partial charge is 0.388 e. The van der Waals surface area contributed by atoms with Crippen LogP contribution in [0.2, 0.25) is 0 Å². The van der Waals surface area contributed by atoms with Gasteiger partial charge in [0.2, 0.25) is 0 Å². The van der Waals surface area contributed by atoms with E-state index in [9.17, 15) is 5.11 Å². The van der Waals surface area contributed by atoms with Gasteiger partial charge in [-0.25, -0.2) is 4.37 Å². The van der Waals surface area contributed by atoms with Crippen molar-refractivity contribution in [1.29, 1.82) is 0 Å². The predicted octanol–water partition coefficient (Wildman–Crippen LogP) is 3.00. The maximum Gasteiger partial charge on any atom is 0.0844 e. The Kier molecular flexibility index (Phi) is 3.19. The molecule has 0 aliphatic heterocycles. The van der Waals surface area contributed by atoms with Crippen molar-refractivity contribution in [1.82, 2.24) is 4.37 Å². The molecule has 1 fully saturated rings. The van der Waals surface area contributed by atoms with Gasteiger partial charge in [0.25, 0.3) is 0 Å². The number of hydrogen-bond donors (Lipinski definition) is 1. The molecule has 0 radical (unpaired) electrons. The van der Waals surface area contributed by atoms with Gasteiger partial charge in [0, 0.05) is 17.1 Å². The summed E-state index contributed by atoms with van der Waals surface area (Å²) in [5, 5.41) is 12.1. The molecule has 0 bridgehead atoms. The van der Waals surface area contributed by atoms with E-state index in [-0.39, 0.29) is 6.10 Å². The average molecular weight is 211 g/mol. The Morgan fingerprint density at radius 2 is 2.29 bits per heavy atom. The standard InChI is InChI=1S/C11H17NOS/c1-8-4-2-3-5-10(8)11(13)9-6-12-14-7-9/h6-8,10-11,13H,2-5H2,1H3. The number of rotatable bonds is 2. The molecule has 1 aromatic heterocycles. The SMILES string of the molecule is CC1CCCCC1C(O)c1cnsc1. The molecule has 0 amide bonds. The van der Waals surface area contributed by atoms with Gasteiger partial charge >= 0.3 is 0 Å². The molecule has 3 atom stereocenters. The molecule has 1 aliphatic carbocycles. The summed E-state index contributed by atoms with van der Waals surface area (Å²) in [6, 6.07) is 0. The summed E-state index contributed by atoms with van der Waals surface area (Å²) in [6.45, 7) is 2.26. The average Bonchev–Trinajstić information content (AvgIpc) is 2.70. The lowest BCUT2D eigenvalue weighted by Crippen LogP contribution is -2.23. The second kappa shape index (κ2) is 4.41. The highest BCUT2D eigenvalue weighted by molar-refractivity contribution is 7.03. The van der Waals surface area contributed by atoms with E-state index in [1.54, 1.807) is 6.20 Å². The summed E-state index contributed by atoms with van der Waals surface area (Å²) in [6.07, 6.45) is 6.54. The molecule has 2 rings (SSSR count). The Morgan fingerprint density at radius 1 is 1.50 bits per heavy atom. The fraction of sp³-hybridized carbons (Fsp3) is 0.727. The van der Waals surface area contributed by atoms with Crippen molar-refractivity contribution in [2.24, 2.45) is 11.8 Å². The second-order valence-corrected chi connectivity index (χ2v) is 4.99.